The second kappa shape index (κ2) is 12.6. The monoisotopic (exact) mass is 711 g/mol. The molecule has 0 atom stereocenters. The Morgan fingerprint density at radius 3 is 2.20 bits per heavy atom. The second-order valence-electron chi connectivity index (χ2n) is 15.2. The van der Waals surface area contributed by atoms with E-state index in [9.17, 15) is 5.11 Å². The zero-order chi connectivity index (χ0) is 37.3. The van der Waals surface area contributed by atoms with Crippen LogP contribution in [0, 0.1) is 0 Å². The van der Waals surface area contributed by atoms with Gasteiger partial charge in [-0.05, 0) is 81.4 Å². The zero-order valence-electron chi connectivity index (χ0n) is 30.8. The molecule has 264 valence electrons. The molecule has 3 heterocycles. The molecule has 10 aromatic rings. The summed E-state index contributed by atoms with van der Waals surface area (Å²) >= 11 is 0. The van der Waals surface area contributed by atoms with Crippen LogP contribution >= 0.6 is 0 Å². The molecule has 7 aromatic carbocycles. The number of phenols is 1. The summed E-state index contributed by atoms with van der Waals surface area (Å²) in [6.45, 7) is 6.72. The molecule has 0 bridgehead atoms. The van der Waals surface area contributed by atoms with Crippen LogP contribution in [-0.2, 0) is 5.41 Å². The quantitative estimate of drug-likeness (QED) is 0.193. The molecule has 0 aliphatic heterocycles. The first kappa shape index (κ1) is 32.7. The van der Waals surface area contributed by atoms with Crippen LogP contribution in [-0.4, -0.2) is 19.6 Å². The van der Waals surface area contributed by atoms with Crippen molar-refractivity contribution in [2.24, 2.45) is 0 Å². The molecule has 0 radical (unpaired) electrons. The number of benzene rings is 7. The lowest BCUT2D eigenvalue weighted by Crippen LogP contribution is -2.12. The fraction of sp³-hybridized carbons (Fsp3) is 0.0800. The van der Waals surface area contributed by atoms with Crippen LogP contribution in [0.2, 0.25) is 0 Å². The van der Waals surface area contributed by atoms with Crippen molar-refractivity contribution in [3.63, 3.8) is 0 Å². The molecule has 0 amide bonds. The molecular weight excluding hydrogens is 675 g/mol. The van der Waals surface area contributed by atoms with Crippen LogP contribution in [0.3, 0.4) is 0 Å². The summed E-state index contributed by atoms with van der Waals surface area (Å²) in [6, 6.07) is 54.1. The van der Waals surface area contributed by atoms with Gasteiger partial charge in [0, 0.05) is 33.7 Å². The maximum atomic E-state index is 11.3. The molecule has 1 N–H and O–H groups in total. The standard InChI is InChI=1S/C50H37N3O2/c1-50(2,3)35-24-25-41(40(30-35)31-13-5-4-6-14-31)53-42-21-12-20-37(47(42)52-49(53)38-19-9-10-22-43(38)54)33-16-11-17-34(29-33)46-48-39(27-28-51-46)45-36-18-8-7-15-32(36)23-26-44(45)55-48/h4-30,54H,1-3H3. The third-order valence-corrected chi connectivity index (χ3v) is 10.7. The molecule has 0 fully saturated rings. The number of hydrogen-bond donors (Lipinski definition) is 1. The number of furan rings is 1. The number of imidazole rings is 1. The zero-order valence-corrected chi connectivity index (χ0v) is 30.8. The second-order valence-corrected chi connectivity index (χ2v) is 15.2. The largest absolute Gasteiger partial charge is 0.507 e. The van der Waals surface area contributed by atoms with Gasteiger partial charge in [0.25, 0.3) is 0 Å². The van der Waals surface area contributed by atoms with Gasteiger partial charge in [0.1, 0.15) is 22.9 Å². The Morgan fingerprint density at radius 2 is 1.35 bits per heavy atom. The molecule has 0 saturated heterocycles. The fourth-order valence-corrected chi connectivity index (χ4v) is 7.98. The molecule has 0 aliphatic carbocycles. The van der Waals surface area contributed by atoms with Crippen LogP contribution < -0.4 is 0 Å². The van der Waals surface area contributed by atoms with Crippen LogP contribution in [0.4, 0.5) is 0 Å². The number of pyridine rings is 1. The van der Waals surface area contributed by atoms with Crippen molar-refractivity contribution in [2.75, 3.05) is 0 Å². The average Bonchev–Trinajstić information content (AvgIpc) is 3.80. The van der Waals surface area contributed by atoms with Crippen molar-refractivity contribution < 1.29 is 9.52 Å². The van der Waals surface area contributed by atoms with Gasteiger partial charge in [-0.2, -0.15) is 0 Å². The number of hydrogen-bond acceptors (Lipinski definition) is 4. The summed E-state index contributed by atoms with van der Waals surface area (Å²) in [4.78, 5) is 10.3. The Hall–Kier alpha value is -6.98. The third-order valence-electron chi connectivity index (χ3n) is 10.7. The maximum absolute atomic E-state index is 11.3. The molecule has 5 heteroatoms. The van der Waals surface area contributed by atoms with Gasteiger partial charge in [-0.25, -0.2) is 4.98 Å². The van der Waals surface area contributed by atoms with Gasteiger partial charge in [-0.15, -0.1) is 0 Å². The van der Waals surface area contributed by atoms with E-state index >= 15 is 0 Å². The summed E-state index contributed by atoms with van der Waals surface area (Å²) in [7, 11) is 0. The lowest BCUT2D eigenvalue weighted by atomic mass is 9.85. The van der Waals surface area contributed by atoms with Crippen molar-refractivity contribution in [2.45, 2.75) is 26.2 Å². The molecule has 5 nitrogen and oxygen atoms in total. The van der Waals surface area contributed by atoms with E-state index in [1.54, 1.807) is 6.07 Å². The van der Waals surface area contributed by atoms with Crippen LogP contribution in [0.1, 0.15) is 26.3 Å². The Morgan fingerprint density at radius 1 is 0.600 bits per heavy atom. The van der Waals surface area contributed by atoms with Gasteiger partial charge in [-0.3, -0.25) is 9.55 Å². The van der Waals surface area contributed by atoms with Gasteiger partial charge in [0.15, 0.2) is 5.58 Å². The van der Waals surface area contributed by atoms with Gasteiger partial charge >= 0.3 is 0 Å². The molecular formula is C50H37N3O2. The first-order valence-electron chi connectivity index (χ1n) is 18.6. The summed E-state index contributed by atoms with van der Waals surface area (Å²) in [5.74, 6) is 0.839. The minimum Gasteiger partial charge on any atom is -0.507 e. The highest BCUT2D eigenvalue weighted by Crippen LogP contribution is 2.43. The highest BCUT2D eigenvalue weighted by atomic mass is 16.3. The van der Waals surface area contributed by atoms with Crippen molar-refractivity contribution in [1.29, 1.82) is 0 Å². The predicted molar refractivity (Wildman–Crippen MR) is 226 cm³/mol. The van der Waals surface area contributed by atoms with Crippen molar-refractivity contribution >= 4 is 43.7 Å². The van der Waals surface area contributed by atoms with E-state index in [0.29, 0.717) is 11.4 Å². The minimum atomic E-state index is -0.0485. The lowest BCUT2D eigenvalue weighted by molar-refractivity contribution is 0.477. The molecule has 3 aromatic heterocycles. The maximum Gasteiger partial charge on any atom is 0.161 e. The summed E-state index contributed by atoms with van der Waals surface area (Å²) in [5, 5.41) is 15.8. The Kier molecular flexibility index (Phi) is 7.46. The summed E-state index contributed by atoms with van der Waals surface area (Å²) in [5.41, 5.74) is 12.1. The number of aromatic nitrogens is 3. The van der Waals surface area contributed by atoms with E-state index in [-0.39, 0.29) is 11.2 Å². The van der Waals surface area contributed by atoms with Gasteiger partial charge in [-0.1, -0.05) is 130 Å². The fourth-order valence-electron chi connectivity index (χ4n) is 7.98. The van der Waals surface area contributed by atoms with Gasteiger partial charge < -0.3 is 9.52 Å². The Labute approximate surface area is 318 Å². The number of phenolic OH excluding ortho intramolecular Hbond substituents is 1. The van der Waals surface area contributed by atoms with Crippen molar-refractivity contribution in [1.82, 2.24) is 14.5 Å². The Bertz CT molecular complexity index is 3090. The van der Waals surface area contributed by atoms with E-state index in [2.05, 4.69) is 147 Å². The minimum absolute atomic E-state index is 0.0485. The van der Waals surface area contributed by atoms with Crippen LogP contribution in [0.25, 0.3) is 94.3 Å². The average molecular weight is 712 g/mol. The van der Waals surface area contributed by atoms with E-state index in [0.717, 1.165) is 77.6 Å². The third kappa shape index (κ3) is 5.39. The first-order chi connectivity index (χ1) is 26.8. The topological polar surface area (TPSA) is 64.1 Å². The summed E-state index contributed by atoms with van der Waals surface area (Å²) < 4.78 is 8.77. The van der Waals surface area contributed by atoms with E-state index in [4.69, 9.17) is 14.4 Å². The SMILES string of the molecule is CC(C)(C)c1ccc(-n2c(-c3ccccc3O)nc3c(-c4cccc(-c5nccc6c5oc5ccc7ccccc7c56)c4)cccc32)c(-c2ccccc2)c1. The summed E-state index contributed by atoms with van der Waals surface area (Å²) in [6.07, 6.45) is 1.87. The predicted octanol–water partition coefficient (Wildman–Crippen LogP) is 13.1. The van der Waals surface area contributed by atoms with E-state index in [1.165, 1.54) is 10.9 Å². The number of para-hydroxylation sites is 2. The number of nitrogens with zero attached hydrogens (tertiary/aromatic N) is 3. The number of fused-ring (bicyclic) bond motifs is 6. The molecule has 10 rings (SSSR count). The van der Waals surface area contributed by atoms with Crippen LogP contribution in [0.5, 0.6) is 5.75 Å². The van der Waals surface area contributed by atoms with Crippen molar-refractivity contribution in [3.8, 4) is 56.3 Å². The highest BCUT2D eigenvalue weighted by Gasteiger charge is 2.24. The normalized spacial score (nSPS) is 12.0. The molecule has 0 unspecified atom stereocenters. The lowest BCUT2D eigenvalue weighted by Gasteiger charge is -2.23. The van der Waals surface area contributed by atoms with Gasteiger partial charge in [0.05, 0.1) is 22.3 Å². The van der Waals surface area contributed by atoms with E-state index in [1.807, 2.05) is 36.5 Å². The molecule has 0 saturated carbocycles. The molecule has 55 heavy (non-hydrogen) atoms. The smallest absolute Gasteiger partial charge is 0.161 e. The molecule has 0 spiro atoms. The number of aromatic hydroxyl groups is 1. The van der Waals surface area contributed by atoms with Crippen LogP contribution in [0.15, 0.2) is 168 Å². The highest BCUT2D eigenvalue weighted by molar-refractivity contribution is 6.20. The van der Waals surface area contributed by atoms with Crippen molar-refractivity contribution in [3.05, 3.63) is 169 Å². The first-order valence-corrected chi connectivity index (χ1v) is 18.6. The molecule has 0 aliphatic rings. The number of rotatable bonds is 5. The van der Waals surface area contributed by atoms with Gasteiger partial charge in [0.2, 0.25) is 0 Å². The van der Waals surface area contributed by atoms with E-state index < -0.39 is 0 Å². The Balaban J connectivity index is 1.20.